The minimum absolute atomic E-state index is 0.0598. The second-order valence-corrected chi connectivity index (χ2v) is 8.81. The highest BCUT2D eigenvalue weighted by molar-refractivity contribution is 7.16. The van der Waals surface area contributed by atoms with Crippen molar-refractivity contribution in [2.75, 3.05) is 42.2 Å². The summed E-state index contributed by atoms with van der Waals surface area (Å²) in [6.45, 7) is 3.24. The molecule has 2 aromatic heterocycles. The lowest BCUT2D eigenvalue weighted by Crippen LogP contribution is -2.37. The van der Waals surface area contributed by atoms with Gasteiger partial charge in [-0.3, -0.25) is 9.48 Å². The van der Waals surface area contributed by atoms with E-state index in [2.05, 4.69) is 20.3 Å². The van der Waals surface area contributed by atoms with Gasteiger partial charge in [-0.05, 0) is 44.6 Å². The second-order valence-electron chi connectivity index (χ2n) is 7.75. The third-order valence-corrected chi connectivity index (χ3v) is 6.72. The summed E-state index contributed by atoms with van der Waals surface area (Å²) >= 11 is 1.34. The van der Waals surface area contributed by atoms with Gasteiger partial charge in [0.15, 0.2) is 11.5 Å². The summed E-state index contributed by atoms with van der Waals surface area (Å²) in [4.78, 5) is 19.7. The first-order valence-corrected chi connectivity index (χ1v) is 11.0. The molecule has 0 radical (unpaired) electrons. The number of carbonyl (C=O) groups excluding carboxylic acids is 1. The van der Waals surface area contributed by atoms with E-state index < -0.39 is 0 Å². The topological polar surface area (TPSA) is 124 Å². The summed E-state index contributed by atoms with van der Waals surface area (Å²) in [6, 6.07) is 0. The molecule has 2 fully saturated rings. The van der Waals surface area contributed by atoms with Crippen molar-refractivity contribution in [3.63, 3.8) is 0 Å². The molecule has 2 aromatic rings. The molecule has 0 saturated carbocycles. The van der Waals surface area contributed by atoms with E-state index in [1.165, 1.54) is 11.3 Å². The highest BCUT2D eigenvalue weighted by atomic mass is 32.1. The van der Waals surface area contributed by atoms with E-state index in [9.17, 15) is 4.79 Å². The number of aromatic nitrogens is 3. The molecule has 158 valence electrons. The van der Waals surface area contributed by atoms with E-state index in [1.54, 1.807) is 10.9 Å². The zero-order chi connectivity index (χ0) is 20.4. The fraction of sp³-hybridized carbons (Fsp3) is 0.632. The van der Waals surface area contributed by atoms with Crippen molar-refractivity contribution < 1.29 is 9.53 Å². The maximum absolute atomic E-state index is 12.9. The lowest BCUT2D eigenvalue weighted by atomic mass is 9.97. The van der Waals surface area contributed by atoms with Crippen LogP contribution < -0.4 is 21.7 Å². The number of amides is 1. The summed E-state index contributed by atoms with van der Waals surface area (Å²) < 4.78 is 7.58. The Bertz CT molecular complexity index is 851. The van der Waals surface area contributed by atoms with Crippen molar-refractivity contribution in [3.8, 4) is 0 Å². The Morgan fingerprint density at radius 2 is 2.14 bits per heavy atom. The van der Waals surface area contributed by atoms with Gasteiger partial charge in [0.2, 0.25) is 0 Å². The van der Waals surface area contributed by atoms with Gasteiger partial charge in [0.05, 0.1) is 6.20 Å². The van der Waals surface area contributed by atoms with E-state index >= 15 is 0 Å². The van der Waals surface area contributed by atoms with Gasteiger partial charge in [0.25, 0.3) is 5.91 Å². The van der Waals surface area contributed by atoms with Crippen molar-refractivity contribution in [3.05, 3.63) is 16.9 Å². The number of ether oxygens (including phenoxy) is 1. The molecule has 2 aliphatic heterocycles. The van der Waals surface area contributed by atoms with Crippen LogP contribution in [0.2, 0.25) is 0 Å². The average molecular weight is 420 g/mol. The van der Waals surface area contributed by atoms with Crippen LogP contribution in [0.5, 0.6) is 0 Å². The van der Waals surface area contributed by atoms with Gasteiger partial charge < -0.3 is 26.4 Å². The summed E-state index contributed by atoms with van der Waals surface area (Å²) in [5.41, 5.74) is 12.9. The van der Waals surface area contributed by atoms with Gasteiger partial charge in [-0.15, -0.1) is 0 Å². The standard InChI is InChI=1S/C19H29N7O2S/c1-25-19(26-7-5-12(10-20)6-8-26)13(11-22-25)23-17(27)15-16(21)29-18(24-15)14-4-2-3-9-28-14/h11-12,14H,2-10,20-21H2,1H3,(H,23,27). The normalized spacial score (nSPS) is 20.8. The summed E-state index contributed by atoms with van der Waals surface area (Å²) in [5.74, 6) is 1.15. The lowest BCUT2D eigenvalue weighted by Gasteiger charge is -2.33. The number of thiazole rings is 1. The number of nitrogen functional groups attached to an aromatic ring is 1. The number of anilines is 3. The molecule has 1 amide bonds. The molecule has 0 aromatic carbocycles. The van der Waals surface area contributed by atoms with E-state index in [0.29, 0.717) is 16.6 Å². The van der Waals surface area contributed by atoms with Gasteiger partial charge >= 0.3 is 0 Å². The molecule has 29 heavy (non-hydrogen) atoms. The third kappa shape index (κ3) is 4.24. The zero-order valence-electron chi connectivity index (χ0n) is 16.8. The van der Waals surface area contributed by atoms with Crippen molar-refractivity contribution in [1.29, 1.82) is 0 Å². The number of carbonyl (C=O) groups is 1. The van der Waals surface area contributed by atoms with Crippen LogP contribution in [0.3, 0.4) is 0 Å². The lowest BCUT2D eigenvalue weighted by molar-refractivity contribution is 0.0148. The molecule has 2 aliphatic rings. The zero-order valence-corrected chi connectivity index (χ0v) is 17.6. The molecule has 0 bridgehead atoms. The minimum atomic E-state index is -0.313. The molecule has 0 aliphatic carbocycles. The molecule has 4 heterocycles. The predicted molar refractivity (Wildman–Crippen MR) is 114 cm³/mol. The van der Waals surface area contributed by atoms with Crippen LogP contribution in [0.4, 0.5) is 16.5 Å². The number of hydrogen-bond acceptors (Lipinski definition) is 8. The number of hydrogen-bond donors (Lipinski definition) is 3. The minimum Gasteiger partial charge on any atom is -0.389 e. The Morgan fingerprint density at radius 3 is 2.83 bits per heavy atom. The highest BCUT2D eigenvalue weighted by Crippen LogP contribution is 2.35. The van der Waals surface area contributed by atoms with Crippen molar-refractivity contribution in [1.82, 2.24) is 14.8 Å². The van der Waals surface area contributed by atoms with Crippen LogP contribution >= 0.6 is 11.3 Å². The van der Waals surface area contributed by atoms with Crippen LogP contribution in [0.25, 0.3) is 0 Å². The molecule has 0 spiro atoms. The number of aryl methyl sites for hydroxylation is 1. The van der Waals surface area contributed by atoms with Crippen LogP contribution in [0.15, 0.2) is 6.20 Å². The maximum Gasteiger partial charge on any atom is 0.277 e. The largest absolute Gasteiger partial charge is 0.389 e. The Kier molecular flexibility index (Phi) is 6.02. The number of nitrogens with two attached hydrogens (primary N) is 2. The predicted octanol–water partition coefficient (Wildman–Crippen LogP) is 2.13. The first-order chi connectivity index (χ1) is 14.1. The van der Waals surface area contributed by atoms with Crippen LogP contribution in [0, 0.1) is 5.92 Å². The number of nitrogens with zero attached hydrogens (tertiary/aromatic N) is 4. The molecule has 1 atom stereocenters. The van der Waals surface area contributed by atoms with Crippen LogP contribution in [-0.2, 0) is 11.8 Å². The molecule has 10 heteroatoms. The van der Waals surface area contributed by atoms with Gasteiger partial charge in [-0.25, -0.2) is 4.98 Å². The Hall–Kier alpha value is -2.17. The van der Waals surface area contributed by atoms with Gasteiger partial charge in [-0.1, -0.05) is 11.3 Å². The second kappa shape index (κ2) is 8.68. The summed E-state index contributed by atoms with van der Waals surface area (Å²) in [5, 5.41) is 8.50. The van der Waals surface area contributed by atoms with Gasteiger partial charge in [0, 0.05) is 26.7 Å². The SMILES string of the molecule is Cn1ncc(NC(=O)c2nc(C3CCCCO3)sc2N)c1N1CCC(CN)CC1. The fourth-order valence-electron chi connectivity index (χ4n) is 4.04. The van der Waals surface area contributed by atoms with Crippen molar-refractivity contribution in [2.24, 2.45) is 18.7 Å². The monoisotopic (exact) mass is 419 g/mol. The van der Waals surface area contributed by atoms with Gasteiger partial charge in [0.1, 0.15) is 21.8 Å². The van der Waals surface area contributed by atoms with Gasteiger partial charge in [-0.2, -0.15) is 5.10 Å². The highest BCUT2D eigenvalue weighted by Gasteiger charge is 2.27. The Labute approximate surface area is 174 Å². The smallest absolute Gasteiger partial charge is 0.277 e. The molecule has 1 unspecified atom stereocenters. The first kappa shape index (κ1) is 20.1. The first-order valence-electron chi connectivity index (χ1n) is 10.2. The van der Waals surface area contributed by atoms with E-state index in [0.717, 1.165) is 69.2 Å². The average Bonchev–Trinajstić information content (AvgIpc) is 3.31. The molecular weight excluding hydrogens is 390 g/mol. The quantitative estimate of drug-likeness (QED) is 0.678. The summed E-state index contributed by atoms with van der Waals surface area (Å²) in [6.07, 6.45) is 6.78. The molecular formula is C19H29N7O2S. The number of nitrogens with one attached hydrogen (secondary N) is 1. The van der Waals surface area contributed by atoms with E-state index in [4.69, 9.17) is 16.2 Å². The number of rotatable bonds is 5. The fourth-order valence-corrected chi connectivity index (χ4v) is 4.96. The van der Waals surface area contributed by atoms with Crippen molar-refractivity contribution in [2.45, 2.75) is 38.2 Å². The Balaban J connectivity index is 1.49. The maximum atomic E-state index is 12.9. The number of piperidine rings is 1. The third-order valence-electron chi connectivity index (χ3n) is 5.74. The summed E-state index contributed by atoms with van der Waals surface area (Å²) in [7, 11) is 1.88. The molecule has 2 saturated heterocycles. The van der Waals surface area contributed by atoms with Crippen molar-refractivity contribution >= 4 is 33.8 Å². The van der Waals surface area contributed by atoms with Crippen LogP contribution in [0.1, 0.15) is 53.7 Å². The molecule has 5 N–H and O–H groups in total. The van der Waals surface area contributed by atoms with E-state index in [1.807, 2.05) is 7.05 Å². The molecule has 4 rings (SSSR count). The Morgan fingerprint density at radius 1 is 1.34 bits per heavy atom. The van der Waals surface area contributed by atoms with Crippen LogP contribution in [-0.4, -0.2) is 46.9 Å². The van der Waals surface area contributed by atoms with E-state index in [-0.39, 0.29) is 17.7 Å². The molecule has 9 nitrogen and oxygen atoms in total.